The average molecular weight is 519 g/mol. The number of fused-ring (bicyclic) bond motifs is 1. The van der Waals surface area contributed by atoms with Gasteiger partial charge in [0.2, 0.25) is 0 Å². The Kier molecular flexibility index (Phi) is 6.34. The molecule has 3 aromatic carbocycles. The minimum absolute atomic E-state index is 0.00814. The van der Waals surface area contributed by atoms with E-state index in [0.29, 0.717) is 11.9 Å². The van der Waals surface area contributed by atoms with Crippen molar-refractivity contribution in [3.8, 4) is 11.5 Å². The molecule has 2 aliphatic heterocycles. The first kappa shape index (κ1) is 24.3. The van der Waals surface area contributed by atoms with Crippen molar-refractivity contribution in [3.63, 3.8) is 0 Å². The molecule has 6 rings (SSSR count). The highest BCUT2D eigenvalue weighted by Gasteiger charge is 2.48. The number of hydrogen-bond acceptors (Lipinski definition) is 7. The van der Waals surface area contributed by atoms with E-state index in [1.54, 1.807) is 24.3 Å². The Bertz CT molecular complexity index is 1430. The molecule has 8 heteroatoms. The second-order valence-corrected chi connectivity index (χ2v) is 11.4. The van der Waals surface area contributed by atoms with E-state index in [0.717, 1.165) is 60.8 Å². The molecule has 0 N–H and O–H groups in total. The van der Waals surface area contributed by atoms with Crippen molar-refractivity contribution in [2.45, 2.75) is 44.8 Å². The van der Waals surface area contributed by atoms with Gasteiger partial charge in [0.1, 0.15) is 22.8 Å². The van der Waals surface area contributed by atoms with Crippen LogP contribution in [-0.4, -0.2) is 45.9 Å². The van der Waals surface area contributed by atoms with Crippen LogP contribution in [-0.2, 0) is 6.54 Å². The number of halogens is 1. The minimum Gasteiger partial charge on any atom is -0.457 e. The summed E-state index contributed by atoms with van der Waals surface area (Å²) < 4.78 is 30.4. The van der Waals surface area contributed by atoms with Crippen LogP contribution in [0.25, 0.3) is 11.1 Å². The number of likely N-dealkylation sites (N-methyl/N-ethyl adjacent to an activating group) is 1. The lowest BCUT2D eigenvalue weighted by Crippen LogP contribution is -2.56. The molecule has 0 aliphatic carbocycles. The Balaban J connectivity index is 1.15. The maximum atomic E-state index is 14.0. The molecule has 3 heterocycles. The van der Waals surface area contributed by atoms with Gasteiger partial charge in [0, 0.05) is 50.8 Å². The van der Waals surface area contributed by atoms with Crippen molar-refractivity contribution in [2.75, 3.05) is 24.4 Å². The quantitative estimate of drug-likeness (QED) is 0.269. The summed E-state index contributed by atoms with van der Waals surface area (Å²) in [4.78, 5) is 6.89. The van der Waals surface area contributed by atoms with Gasteiger partial charge in [-0.3, -0.25) is 9.21 Å². The molecule has 1 aromatic heterocycles. The number of nitrogens with zero attached hydrogens (tertiary/aromatic N) is 4. The van der Waals surface area contributed by atoms with Crippen molar-refractivity contribution in [1.82, 2.24) is 14.2 Å². The van der Waals surface area contributed by atoms with Gasteiger partial charge in [-0.2, -0.15) is 0 Å². The summed E-state index contributed by atoms with van der Waals surface area (Å²) in [6.45, 7) is 6.95. The number of anilines is 1. The van der Waals surface area contributed by atoms with E-state index in [4.69, 9.17) is 9.15 Å². The minimum atomic E-state index is -0.189. The van der Waals surface area contributed by atoms with E-state index >= 15 is 0 Å². The molecule has 2 aliphatic rings. The number of aromatic nitrogens is 1. The highest BCUT2D eigenvalue weighted by Crippen LogP contribution is 2.47. The number of hydrogen-bond donors (Lipinski definition) is 0. The Labute approximate surface area is 221 Å². The van der Waals surface area contributed by atoms with Crippen LogP contribution in [0.1, 0.15) is 31.2 Å². The fourth-order valence-corrected chi connectivity index (χ4v) is 6.92. The standard InChI is InChI=1S/C29H31FN4O2S/c1-20-17-29(19-32(3)37-34(29)24-8-5-7-23(30)15-24)12-13-33(20)18-22-6-4-9-25(14-22)36-26-10-11-27-28(16-26)35-21(2)31-27/h4-11,14-16,20H,12-13,17-19H2,1-3H3/t20-,29+/m0/s1. The van der Waals surface area contributed by atoms with Crippen LogP contribution < -0.4 is 9.04 Å². The summed E-state index contributed by atoms with van der Waals surface area (Å²) in [6.07, 6.45) is 2.05. The van der Waals surface area contributed by atoms with Crippen LogP contribution >= 0.6 is 12.1 Å². The van der Waals surface area contributed by atoms with Gasteiger partial charge in [-0.25, -0.2) is 13.7 Å². The summed E-state index contributed by atoms with van der Waals surface area (Å²) in [5.74, 6) is 1.99. The Morgan fingerprint density at radius 1 is 1.11 bits per heavy atom. The van der Waals surface area contributed by atoms with Gasteiger partial charge in [-0.15, -0.1) is 0 Å². The predicted molar refractivity (Wildman–Crippen MR) is 146 cm³/mol. The third-order valence-corrected chi connectivity index (χ3v) is 8.53. The van der Waals surface area contributed by atoms with Gasteiger partial charge in [0.15, 0.2) is 11.5 Å². The van der Waals surface area contributed by atoms with Gasteiger partial charge in [0.05, 0.1) is 11.2 Å². The number of likely N-dealkylation sites (tertiary alicyclic amines) is 1. The summed E-state index contributed by atoms with van der Waals surface area (Å²) >= 11 is 1.70. The van der Waals surface area contributed by atoms with Gasteiger partial charge in [-0.05, 0) is 74.8 Å². The number of piperidine rings is 1. The van der Waals surface area contributed by atoms with Gasteiger partial charge in [0.25, 0.3) is 0 Å². The zero-order valence-corrected chi connectivity index (χ0v) is 22.2. The first-order valence-electron chi connectivity index (χ1n) is 12.7. The first-order chi connectivity index (χ1) is 17.9. The number of oxazole rings is 1. The molecule has 0 radical (unpaired) electrons. The summed E-state index contributed by atoms with van der Waals surface area (Å²) in [5.41, 5.74) is 3.71. The van der Waals surface area contributed by atoms with E-state index < -0.39 is 0 Å². The average Bonchev–Trinajstić information content (AvgIpc) is 3.39. The van der Waals surface area contributed by atoms with E-state index in [1.165, 1.54) is 11.6 Å². The molecule has 1 spiro atoms. The van der Waals surface area contributed by atoms with E-state index in [9.17, 15) is 4.39 Å². The molecular weight excluding hydrogens is 487 g/mol. The second-order valence-electron chi connectivity index (χ2n) is 10.3. The van der Waals surface area contributed by atoms with Crippen LogP contribution in [0.2, 0.25) is 0 Å². The highest BCUT2D eigenvalue weighted by molar-refractivity contribution is 7.98. The summed E-state index contributed by atoms with van der Waals surface area (Å²) in [7, 11) is 2.12. The lowest BCUT2D eigenvalue weighted by molar-refractivity contribution is 0.100. The first-order valence-corrected chi connectivity index (χ1v) is 13.4. The molecule has 2 atom stereocenters. The fraction of sp³-hybridized carbons (Fsp3) is 0.345. The normalized spacial score (nSPS) is 22.8. The van der Waals surface area contributed by atoms with Crippen LogP contribution in [0.15, 0.2) is 71.1 Å². The smallest absolute Gasteiger partial charge is 0.192 e. The molecule has 2 fully saturated rings. The predicted octanol–water partition coefficient (Wildman–Crippen LogP) is 6.81. The van der Waals surface area contributed by atoms with Gasteiger partial charge < -0.3 is 9.15 Å². The van der Waals surface area contributed by atoms with Gasteiger partial charge in [-0.1, -0.05) is 18.2 Å². The molecule has 0 saturated carbocycles. The third-order valence-electron chi connectivity index (χ3n) is 7.36. The second kappa shape index (κ2) is 9.67. The highest BCUT2D eigenvalue weighted by atomic mass is 32.2. The molecule has 37 heavy (non-hydrogen) atoms. The van der Waals surface area contributed by atoms with Crippen molar-refractivity contribution in [1.29, 1.82) is 0 Å². The molecule has 0 bridgehead atoms. The van der Waals surface area contributed by atoms with Gasteiger partial charge >= 0.3 is 0 Å². The zero-order valence-electron chi connectivity index (χ0n) is 21.4. The molecular formula is C29H31FN4O2S. The molecule has 0 amide bonds. The molecule has 2 saturated heterocycles. The lowest BCUT2D eigenvalue weighted by atomic mass is 9.82. The zero-order chi connectivity index (χ0) is 25.6. The topological polar surface area (TPSA) is 45.0 Å². The van der Waals surface area contributed by atoms with Crippen molar-refractivity contribution in [3.05, 3.63) is 84.0 Å². The Morgan fingerprint density at radius 3 is 2.78 bits per heavy atom. The SMILES string of the molecule is Cc1nc2ccc(Oc3cccc(CN4CC[C@@]5(C[C@@H]4C)CN(C)SN5c4cccc(F)c4)c3)cc2o1. The van der Waals surface area contributed by atoms with E-state index in [2.05, 4.69) is 44.6 Å². The van der Waals surface area contributed by atoms with Crippen LogP contribution in [0.3, 0.4) is 0 Å². The summed E-state index contributed by atoms with van der Waals surface area (Å²) in [6, 6.07) is 21.4. The molecule has 0 unspecified atom stereocenters. The van der Waals surface area contributed by atoms with Crippen molar-refractivity contribution in [2.24, 2.45) is 0 Å². The van der Waals surface area contributed by atoms with Crippen LogP contribution in [0.4, 0.5) is 10.1 Å². The van der Waals surface area contributed by atoms with E-state index in [1.807, 2.05) is 43.3 Å². The van der Waals surface area contributed by atoms with Crippen LogP contribution in [0, 0.1) is 12.7 Å². The van der Waals surface area contributed by atoms with Crippen LogP contribution in [0.5, 0.6) is 11.5 Å². The lowest BCUT2D eigenvalue weighted by Gasteiger charge is -2.47. The largest absolute Gasteiger partial charge is 0.457 e. The van der Waals surface area contributed by atoms with Crippen molar-refractivity contribution < 1.29 is 13.5 Å². The maximum absolute atomic E-state index is 14.0. The van der Waals surface area contributed by atoms with Crippen molar-refractivity contribution >= 4 is 28.9 Å². The fourth-order valence-electron chi connectivity index (χ4n) is 5.73. The third kappa shape index (κ3) is 4.93. The number of benzene rings is 3. The summed E-state index contributed by atoms with van der Waals surface area (Å²) in [5, 5.41) is 0. The number of ether oxygens (including phenoxy) is 1. The monoisotopic (exact) mass is 518 g/mol. The number of aryl methyl sites for hydroxylation is 1. The number of rotatable bonds is 5. The Hall–Kier alpha value is -3.07. The van der Waals surface area contributed by atoms with E-state index in [-0.39, 0.29) is 11.4 Å². The maximum Gasteiger partial charge on any atom is 0.192 e. The molecule has 192 valence electrons. The Morgan fingerprint density at radius 2 is 1.95 bits per heavy atom. The molecule has 6 nitrogen and oxygen atoms in total. The molecule has 4 aromatic rings.